The highest BCUT2D eigenvalue weighted by molar-refractivity contribution is 4.78. The van der Waals surface area contributed by atoms with Crippen molar-refractivity contribution in [2.24, 2.45) is 5.73 Å². The Kier molecular flexibility index (Phi) is 6.96. The monoisotopic (exact) mass is 230 g/mol. The van der Waals surface area contributed by atoms with Crippen LogP contribution in [0, 0.1) is 0 Å². The maximum Gasteiger partial charge on any atom is 0.0701 e. The van der Waals surface area contributed by atoms with Gasteiger partial charge in [0.2, 0.25) is 0 Å². The Morgan fingerprint density at radius 3 is 2.62 bits per heavy atom. The highest BCUT2D eigenvalue weighted by atomic mass is 16.5. The van der Waals surface area contributed by atoms with E-state index < -0.39 is 0 Å². The molecular formula is C12H26N2O2. The average Bonchev–Trinajstić information content (AvgIpc) is 2.34. The second-order valence-electron chi connectivity index (χ2n) is 4.47. The van der Waals surface area contributed by atoms with E-state index in [0.29, 0.717) is 18.8 Å². The molecule has 96 valence electrons. The molecule has 0 spiro atoms. The van der Waals surface area contributed by atoms with Crippen molar-refractivity contribution in [1.29, 1.82) is 0 Å². The van der Waals surface area contributed by atoms with Crippen LogP contribution in [0.2, 0.25) is 0 Å². The number of aliphatic hydroxyl groups excluding tert-OH is 1. The highest BCUT2D eigenvalue weighted by Crippen LogP contribution is 2.18. The van der Waals surface area contributed by atoms with Gasteiger partial charge in [0, 0.05) is 19.1 Å². The zero-order chi connectivity index (χ0) is 11.8. The Hall–Kier alpha value is -0.160. The van der Waals surface area contributed by atoms with Crippen molar-refractivity contribution in [2.45, 2.75) is 44.8 Å². The molecule has 4 heteroatoms. The van der Waals surface area contributed by atoms with E-state index in [1.165, 1.54) is 6.42 Å². The van der Waals surface area contributed by atoms with Crippen molar-refractivity contribution < 1.29 is 9.84 Å². The average molecular weight is 230 g/mol. The molecule has 1 heterocycles. The van der Waals surface area contributed by atoms with Crippen molar-refractivity contribution in [1.82, 2.24) is 4.90 Å². The Labute approximate surface area is 98.8 Å². The van der Waals surface area contributed by atoms with E-state index in [-0.39, 0.29) is 6.61 Å². The predicted molar refractivity (Wildman–Crippen MR) is 65.4 cm³/mol. The predicted octanol–water partition coefficient (Wildman–Crippen LogP) is 0.587. The minimum Gasteiger partial charge on any atom is -0.394 e. The molecule has 3 N–H and O–H groups in total. The van der Waals surface area contributed by atoms with Crippen LogP contribution in [0.25, 0.3) is 0 Å². The largest absolute Gasteiger partial charge is 0.394 e. The molecule has 0 aromatic carbocycles. The SMILES string of the molecule is CCC(CCN)N1CCC(OCCO)CC1. The van der Waals surface area contributed by atoms with Gasteiger partial charge in [0.15, 0.2) is 0 Å². The standard InChI is InChI=1S/C12H26N2O2/c1-2-11(3-6-13)14-7-4-12(5-8-14)16-10-9-15/h11-12,15H,2-10,13H2,1H3. The molecule has 0 radical (unpaired) electrons. The number of rotatable bonds is 7. The lowest BCUT2D eigenvalue weighted by Gasteiger charge is -2.37. The second kappa shape index (κ2) is 8.01. The van der Waals surface area contributed by atoms with Crippen molar-refractivity contribution in [2.75, 3.05) is 32.8 Å². The molecule has 1 atom stereocenters. The van der Waals surface area contributed by atoms with Gasteiger partial charge in [-0.1, -0.05) is 6.92 Å². The summed E-state index contributed by atoms with van der Waals surface area (Å²) >= 11 is 0. The summed E-state index contributed by atoms with van der Waals surface area (Å²) in [6.07, 6.45) is 4.79. The van der Waals surface area contributed by atoms with Gasteiger partial charge in [-0.05, 0) is 32.2 Å². The number of nitrogens with two attached hydrogens (primary N) is 1. The summed E-state index contributed by atoms with van der Waals surface area (Å²) in [5, 5.41) is 8.70. The van der Waals surface area contributed by atoms with Crippen LogP contribution in [0.1, 0.15) is 32.6 Å². The first-order valence-corrected chi connectivity index (χ1v) is 6.48. The molecule has 4 nitrogen and oxygen atoms in total. The number of aliphatic hydroxyl groups is 1. The van der Waals surface area contributed by atoms with Crippen LogP contribution in [0.15, 0.2) is 0 Å². The quantitative estimate of drug-likeness (QED) is 0.672. The van der Waals surface area contributed by atoms with E-state index in [1.54, 1.807) is 0 Å². The van der Waals surface area contributed by atoms with Crippen LogP contribution in [-0.2, 0) is 4.74 Å². The van der Waals surface area contributed by atoms with Crippen LogP contribution in [-0.4, -0.2) is 55.0 Å². The molecule has 1 aliphatic heterocycles. The summed E-state index contributed by atoms with van der Waals surface area (Å²) in [6.45, 7) is 5.83. The number of hydrogen-bond acceptors (Lipinski definition) is 4. The van der Waals surface area contributed by atoms with E-state index in [9.17, 15) is 0 Å². The molecule has 1 aliphatic rings. The molecule has 0 aromatic rings. The molecule has 0 saturated carbocycles. The van der Waals surface area contributed by atoms with Gasteiger partial charge in [-0.25, -0.2) is 0 Å². The lowest BCUT2D eigenvalue weighted by Crippen LogP contribution is -2.44. The van der Waals surface area contributed by atoms with Crippen LogP contribution in [0.5, 0.6) is 0 Å². The van der Waals surface area contributed by atoms with E-state index in [1.807, 2.05) is 0 Å². The van der Waals surface area contributed by atoms with Crippen LogP contribution in [0.3, 0.4) is 0 Å². The Morgan fingerprint density at radius 2 is 2.12 bits per heavy atom. The van der Waals surface area contributed by atoms with Crippen LogP contribution < -0.4 is 5.73 Å². The fraction of sp³-hybridized carbons (Fsp3) is 1.00. The first kappa shape index (κ1) is 13.9. The van der Waals surface area contributed by atoms with Crippen molar-refractivity contribution >= 4 is 0 Å². The smallest absolute Gasteiger partial charge is 0.0701 e. The van der Waals surface area contributed by atoms with Crippen molar-refractivity contribution in [3.8, 4) is 0 Å². The van der Waals surface area contributed by atoms with Gasteiger partial charge in [-0.2, -0.15) is 0 Å². The lowest BCUT2D eigenvalue weighted by atomic mass is 10.0. The highest BCUT2D eigenvalue weighted by Gasteiger charge is 2.23. The molecule has 0 amide bonds. The number of nitrogens with zero attached hydrogens (tertiary/aromatic N) is 1. The summed E-state index contributed by atoms with van der Waals surface area (Å²) in [5.74, 6) is 0. The van der Waals surface area contributed by atoms with E-state index in [0.717, 1.165) is 38.9 Å². The topological polar surface area (TPSA) is 58.7 Å². The first-order valence-electron chi connectivity index (χ1n) is 6.48. The fourth-order valence-electron chi connectivity index (χ4n) is 2.46. The number of likely N-dealkylation sites (tertiary alicyclic amines) is 1. The Bertz CT molecular complexity index is 170. The van der Waals surface area contributed by atoms with Crippen molar-refractivity contribution in [3.63, 3.8) is 0 Å². The molecule has 0 bridgehead atoms. The van der Waals surface area contributed by atoms with Gasteiger partial charge in [0.05, 0.1) is 19.3 Å². The van der Waals surface area contributed by atoms with Crippen LogP contribution >= 0.6 is 0 Å². The third kappa shape index (κ3) is 4.37. The molecule has 0 aliphatic carbocycles. The van der Waals surface area contributed by atoms with Gasteiger partial charge < -0.3 is 20.5 Å². The summed E-state index contributed by atoms with van der Waals surface area (Å²) < 4.78 is 5.55. The molecule has 0 aromatic heterocycles. The first-order chi connectivity index (χ1) is 7.81. The zero-order valence-corrected chi connectivity index (χ0v) is 10.4. The maximum atomic E-state index is 8.70. The molecule has 1 rings (SSSR count). The normalized spacial score (nSPS) is 21.2. The van der Waals surface area contributed by atoms with Gasteiger partial charge in [0.25, 0.3) is 0 Å². The number of ether oxygens (including phenoxy) is 1. The van der Waals surface area contributed by atoms with Gasteiger partial charge in [-0.3, -0.25) is 0 Å². The Morgan fingerprint density at radius 1 is 1.44 bits per heavy atom. The van der Waals surface area contributed by atoms with Crippen LogP contribution in [0.4, 0.5) is 0 Å². The summed E-state index contributed by atoms with van der Waals surface area (Å²) in [4.78, 5) is 2.53. The molecule has 16 heavy (non-hydrogen) atoms. The maximum absolute atomic E-state index is 8.70. The van der Waals surface area contributed by atoms with Gasteiger partial charge in [-0.15, -0.1) is 0 Å². The lowest BCUT2D eigenvalue weighted by molar-refractivity contribution is -0.0160. The third-order valence-electron chi connectivity index (χ3n) is 3.41. The third-order valence-corrected chi connectivity index (χ3v) is 3.41. The summed E-state index contributed by atoms with van der Waals surface area (Å²) in [7, 11) is 0. The fourth-order valence-corrected chi connectivity index (χ4v) is 2.46. The molecule has 1 saturated heterocycles. The minimum absolute atomic E-state index is 0.130. The van der Waals surface area contributed by atoms with E-state index in [2.05, 4.69) is 11.8 Å². The zero-order valence-electron chi connectivity index (χ0n) is 10.4. The van der Waals surface area contributed by atoms with Gasteiger partial charge >= 0.3 is 0 Å². The Balaban J connectivity index is 2.24. The summed E-state index contributed by atoms with van der Waals surface area (Å²) in [5.41, 5.74) is 5.63. The summed E-state index contributed by atoms with van der Waals surface area (Å²) in [6, 6.07) is 0.642. The van der Waals surface area contributed by atoms with E-state index in [4.69, 9.17) is 15.6 Å². The second-order valence-corrected chi connectivity index (χ2v) is 4.47. The number of hydrogen-bond donors (Lipinski definition) is 2. The number of piperidine rings is 1. The molecular weight excluding hydrogens is 204 g/mol. The van der Waals surface area contributed by atoms with Crippen molar-refractivity contribution in [3.05, 3.63) is 0 Å². The molecule has 1 fully saturated rings. The minimum atomic E-state index is 0.130. The van der Waals surface area contributed by atoms with E-state index >= 15 is 0 Å². The molecule has 1 unspecified atom stereocenters. The van der Waals surface area contributed by atoms with Gasteiger partial charge in [0.1, 0.15) is 0 Å².